The molecule has 0 radical (unpaired) electrons. The monoisotopic (exact) mass is 419 g/mol. The Bertz CT molecular complexity index is 776. The second kappa shape index (κ2) is 8.62. The van der Waals surface area contributed by atoms with Crippen molar-refractivity contribution >= 4 is 21.6 Å². The minimum Gasteiger partial charge on any atom is -0.496 e. The number of halogens is 1. The topological polar surface area (TPSA) is 58.8 Å². The van der Waals surface area contributed by atoms with Gasteiger partial charge in [-0.3, -0.25) is 19.9 Å². The van der Waals surface area contributed by atoms with Crippen LogP contribution >= 0.6 is 15.9 Å². The van der Waals surface area contributed by atoms with E-state index >= 15 is 0 Å². The number of non-ortho nitro benzene ring substituents is 1. The number of hydrogen-bond acceptors (Lipinski definition) is 5. The highest BCUT2D eigenvalue weighted by atomic mass is 79.9. The van der Waals surface area contributed by atoms with Crippen molar-refractivity contribution in [3.63, 3.8) is 0 Å². The highest BCUT2D eigenvalue weighted by Crippen LogP contribution is 2.26. The third-order valence-corrected chi connectivity index (χ3v) is 5.23. The van der Waals surface area contributed by atoms with Crippen LogP contribution in [-0.2, 0) is 13.1 Å². The lowest BCUT2D eigenvalue weighted by Gasteiger charge is -2.34. The second-order valence-electron chi connectivity index (χ2n) is 6.45. The molecule has 6 nitrogen and oxygen atoms in total. The van der Waals surface area contributed by atoms with Gasteiger partial charge in [-0.05, 0) is 39.2 Å². The number of hydrogen-bond donors (Lipinski definition) is 0. The van der Waals surface area contributed by atoms with Gasteiger partial charge in [-0.1, -0.05) is 18.2 Å². The van der Waals surface area contributed by atoms with Gasteiger partial charge in [-0.2, -0.15) is 0 Å². The first-order valence-corrected chi connectivity index (χ1v) is 9.35. The zero-order chi connectivity index (χ0) is 18.5. The predicted octanol–water partition coefficient (Wildman–Crippen LogP) is 3.68. The van der Waals surface area contributed by atoms with Crippen LogP contribution in [0.3, 0.4) is 0 Å². The van der Waals surface area contributed by atoms with Gasteiger partial charge in [0, 0.05) is 51.4 Å². The number of nitro benzene ring substituents is 1. The molecule has 0 spiro atoms. The molecule has 0 amide bonds. The summed E-state index contributed by atoms with van der Waals surface area (Å²) in [5.74, 6) is 0.843. The molecular weight excluding hydrogens is 398 g/mol. The smallest absolute Gasteiger partial charge is 0.269 e. The fraction of sp³-hybridized carbons (Fsp3) is 0.368. The van der Waals surface area contributed by atoms with Gasteiger partial charge in [-0.15, -0.1) is 0 Å². The fourth-order valence-corrected chi connectivity index (χ4v) is 3.79. The molecular formula is C19H22BrN3O3. The predicted molar refractivity (Wildman–Crippen MR) is 104 cm³/mol. The maximum absolute atomic E-state index is 10.9. The molecule has 1 aliphatic heterocycles. The third-order valence-electron chi connectivity index (χ3n) is 4.61. The van der Waals surface area contributed by atoms with Gasteiger partial charge in [0.1, 0.15) is 5.75 Å². The Labute approximate surface area is 161 Å². The summed E-state index contributed by atoms with van der Waals surface area (Å²) in [6.07, 6.45) is 0. The fourth-order valence-electron chi connectivity index (χ4n) is 3.20. The highest BCUT2D eigenvalue weighted by Gasteiger charge is 2.18. The van der Waals surface area contributed by atoms with Gasteiger partial charge < -0.3 is 4.74 Å². The van der Waals surface area contributed by atoms with Crippen molar-refractivity contribution in [3.8, 4) is 5.75 Å². The Balaban J connectivity index is 1.52. The number of benzene rings is 2. The molecule has 1 aliphatic rings. The molecule has 0 atom stereocenters. The van der Waals surface area contributed by atoms with Crippen LogP contribution in [0.15, 0.2) is 46.9 Å². The molecule has 2 aromatic rings. The van der Waals surface area contributed by atoms with Crippen LogP contribution < -0.4 is 4.74 Å². The Morgan fingerprint density at radius 1 is 1.04 bits per heavy atom. The van der Waals surface area contributed by atoms with Crippen molar-refractivity contribution < 1.29 is 9.66 Å². The first kappa shape index (κ1) is 18.8. The Morgan fingerprint density at radius 2 is 1.65 bits per heavy atom. The number of ether oxygens (including phenoxy) is 1. The van der Waals surface area contributed by atoms with Crippen LogP contribution in [0.1, 0.15) is 11.1 Å². The normalized spacial score (nSPS) is 15.8. The molecule has 1 fully saturated rings. The van der Waals surface area contributed by atoms with E-state index in [0.717, 1.165) is 55.1 Å². The molecule has 138 valence electrons. The second-order valence-corrected chi connectivity index (χ2v) is 7.30. The Kier molecular flexibility index (Phi) is 6.24. The third kappa shape index (κ3) is 4.81. The van der Waals surface area contributed by atoms with Gasteiger partial charge in [-0.25, -0.2) is 0 Å². The maximum Gasteiger partial charge on any atom is 0.269 e. The number of nitro groups is 1. The lowest BCUT2D eigenvalue weighted by molar-refractivity contribution is -0.384. The van der Waals surface area contributed by atoms with E-state index in [9.17, 15) is 10.1 Å². The van der Waals surface area contributed by atoms with Crippen molar-refractivity contribution in [1.29, 1.82) is 0 Å². The molecule has 7 heteroatoms. The van der Waals surface area contributed by atoms with Crippen LogP contribution in [0.5, 0.6) is 5.75 Å². The van der Waals surface area contributed by atoms with Gasteiger partial charge in [0.05, 0.1) is 16.5 Å². The van der Waals surface area contributed by atoms with E-state index in [-0.39, 0.29) is 10.6 Å². The Morgan fingerprint density at radius 3 is 2.19 bits per heavy atom. The van der Waals surface area contributed by atoms with Crippen molar-refractivity contribution in [2.75, 3.05) is 33.3 Å². The van der Waals surface area contributed by atoms with E-state index in [1.807, 2.05) is 12.1 Å². The van der Waals surface area contributed by atoms with Crippen LogP contribution in [0.4, 0.5) is 5.69 Å². The van der Waals surface area contributed by atoms with Gasteiger partial charge in [0.2, 0.25) is 0 Å². The molecule has 0 aliphatic carbocycles. The van der Waals surface area contributed by atoms with E-state index in [1.54, 1.807) is 19.2 Å². The lowest BCUT2D eigenvalue weighted by atomic mass is 10.1. The number of methoxy groups -OCH3 is 1. The quantitative estimate of drug-likeness (QED) is 0.527. The van der Waals surface area contributed by atoms with Crippen LogP contribution in [0.2, 0.25) is 0 Å². The van der Waals surface area contributed by atoms with Gasteiger partial charge in [0.15, 0.2) is 0 Å². The number of nitrogens with zero attached hydrogens (tertiary/aromatic N) is 3. The summed E-state index contributed by atoms with van der Waals surface area (Å²) in [6.45, 7) is 5.55. The van der Waals surface area contributed by atoms with Crippen molar-refractivity contribution in [2.24, 2.45) is 0 Å². The van der Waals surface area contributed by atoms with Crippen molar-refractivity contribution in [1.82, 2.24) is 9.80 Å². The van der Waals surface area contributed by atoms with E-state index in [1.165, 1.54) is 11.6 Å². The summed E-state index contributed by atoms with van der Waals surface area (Å²) < 4.78 is 6.25. The van der Waals surface area contributed by atoms with Crippen LogP contribution in [-0.4, -0.2) is 48.0 Å². The van der Waals surface area contributed by atoms with E-state index < -0.39 is 0 Å². The van der Waals surface area contributed by atoms with E-state index in [0.29, 0.717) is 0 Å². The number of rotatable bonds is 6. The molecule has 2 aromatic carbocycles. The molecule has 1 saturated heterocycles. The number of piperazine rings is 1. The zero-order valence-corrected chi connectivity index (χ0v) is 16.3. The molecule has 0 unspecified atom stereocenters. The molecule has 0 saturated carbocycles. The Hall–Kier alpha value is -1.96. The summed E-state index contributed by atoms with van der Waals surface area (Å²) in [7, 11) is 1.67. The highest BCUT2D eigenvalue weighted by molar-refractivity contribution is 9.10. The summed E-state index contributed by atoms with van der Waals surface area (Å²) in [4.78, 5) is 15.3. The minimum absolute atomic E-state index is 0.159. The average molecular weight is 420 g/mol. The average Bonchev–Trinajstić information content (AvgIpc) is 2.64. The summed E-state index contributed by atoms with van der Waals surface area (Å²) in [5, 5.41) is 10.9. The van der Waals surface area contributed by atoms with Gasteiger partial charge >= 0.3 is 0 Å². The van der Waals surface area contributed by atoms with E-state index in [4.69, 9.17) is 4.74 Å². The minimum atomic E-state index is -0.339. The molecule has 26 heavy (non-hydrogen) atoms. The van der Waals surface area contributed by atoms with Crippen molar-refractivity contribution in [2.45, 2.75) is 13.1 Å². The first-order chi connectivity index (χ1) is 12.5. The van der Waals surface area contributed by atoms with E-state index in [2.05, 4.69) is 37.9 Å². The largest absolute Gasteiger partial charge is 0.496 e. The molecule has 3 rings (SSSR count). The van der Waals surface area contributed by atoms with Gasteiger partial charge in [0.25, 0.3) is 5.69 Å². The molecule has 0 bridgehead atoms. The van der Waals surface area contributed by atoms with Crippen LogP contribution in [0, 0.1) is 10.1 Å². The first-order valence-electron chi connectivity index (χ1n) is 8.55. The molecule has 1 heterocycles. The zero-order valence-electron chi connectivity index (χ0n) is 14.7. The molecule has 0 N–H and O–H groups in total. The summed E-state index contributed by atoms with van der Waals surface area (Å²) >= 11 is 3.54. The maximum atomic E-state index is 10.9. The lowest BCUT2D eigenvalue weighted by Crippen LogP contribution is -2.45. The summed E-state index contributed by atoms with van der Waals surface area (Å²) in [6, 6.07) is 13.1. The SMILES string of the molecule is COc1ccc(CN2CCN(Cc3cccc([N+](=O)[O-])c3)CC2)cc1Br. The molecule has 0 aromatic heterocycles. The van der Waals surface area contributed by atoms with Crippen LogP contribution in [0.25, 0.3) is 0 Å². The summed E-state index contributed by atoms with van der Waals surface area (Å²) in [5.41, 5.74) is 2.41. The van der Waals surface area contributed by atoms with Crippen molar-refractivity contribution in [3.05, 3.63) is 68.2 Å². The standard InChI is InChI=1S/C19H22BrN3O3/c1-26-19-6-5-16(12-18(19)20)14-22-9-7-21(8-10-22)13-15-3-2-4-17(11-15)23(24)25/h2-6,11-12H,7-10,13-14H2,1H3.